The van der Waals surface area contributed by atoms with E-state index in [2.05, 4.69) is 35.9 Å². The molecule has 0 amide bonds. The summed E-state index contributed by atoms with van der Waals surface area (Å²) in [4.78, 5) is 10.9. The van der Waals surface area contributed by atoms with Crippen molar-refractivity contribution in [2.24, 2.45) is 0 Å². The highest BCUT2D eigenvalue weighted by atomic mass is 127. The standard InChI is InChI=1S/C30H31N2O7.HI/c1-6-21-22-8-10-26(36-3)30(39-17-19-13-20(32(33)34)7-9-25(19)35-2)24(22)16-31-12-11-18-14-27(37-4)28(38-5)15-23(18)29(21)31;/h7-10,13-16H,6,11-12,17H2,1-5H3;1H/q+1;/p-1. The Bertz CT molecular complexity index is 1590. The molecule has 1 aliphatic rings. The van der Waals surface area contributed by atoms with Gasteiger partial charge in [0, 0.05) is 35.1 Å². The summed E-state index contributed by atoms with van der Waals surface area (Å²) < 4.78 is 30.9. The Labute approximate surface area is 249 Å². The molecule has 0 aliphatic carbocycles. The van der Waals surface area contributed by atoms with Crippen LogP contribution in [0.4, 0.5) is 5.69 Å². The molecule has 1 aliphatic heterocycles. The first-order valence-electron chi connectivity index (χ1n) is 12.7. The SMILES string of the molecule is CCc1c2[n+](cc3c(OCc4cc([N+](=O)[O-])ccc4OC)c(OC)ccc13)CCc1cc(OC)c(OC)cc1-2.[I-]. The van der Waals surface area contributed by atoms with Crippen molar-refractivity contribution in [3.63, 3.8) is 0 Å². The number of fused-ring (bicyclic) bond motifs is 4. The van der Waals surface area contributed by atoms with E-state index in [1.807, 2.05) is 6.07 Å². The summed E-state index contributed by atoms with van der Waals surface area (Å²) in [5.74, 6) is 3.09. The number of rotatable bonds is 9. The third kappa shape index (κ3) is 5.07. The van der Waals surface area contributed by atoms with Crippen LogP contribution in [0.25, 0.3) is 22.0 Å². The Kier molecular flexibility index (Phi) is 8.87. The Morgan fingerprint density at radius 3 is 2.20 bits per heavy atom. The number of hydrogen-bond acceptors (Lipinski definition) is 7. The molecule has 5 rings (SSSR count). The summed E-state index contributed by atoms with van der Waals surface area (Å²) in [6.45, 7) is 3.00. The maximum atomic E-state index is 11.4. The zero-order chi connectivity index (χ0) is 27.7. The number of aryl methyl sites for hydroxylation is 3. The number of methoxy groups -OCH3 is 4. The molecule has 0 bridgehead atoms. The van der Waals surface area contributed by atoms with Gasteiger partial charge in [0.15, 0.2) is 35.7 Å². The fraction of sp³-hybridized carbons (Fsp3) is 0.300. The normalized spacial score (nSPS) is 11.6. The molecule has 0 N–H and O–H groups in total. The number of benzene rings is 3. The topological polar surface area (TPSA) is 93.2 Å². The highest BCUT2D eigenvalue weighted by molar-refractivity contribution is 5.95. The number of nitro benzene ring substituents is 1. The van der Waals surface area contributed by atoms with E-state index in [-0.39, 0.29) is 36.3 Å². The van der Waals surface area contributed by atoms with Gasteiger partial charge in [-0.05, 0) is 42.3 Å². The minimum Gasteiger partial charge on any atom is -1.00 e. The summed E-state index contributed by atoms with van der Waals surface area (Å²) in [6, 6.07) is 12.6. The Hall–Kier alpha value is -3.80. The van der Waals surface area contributed by atoms with Gasteiger partial charge in [-0.1, -0.05) is 6.92 Å². The lowest BCUT2D eigenvalue weighted by molar-refractivity contribution is -0.686. The molecule has 0 saturated carbocycles. The minimum absolute atomic E-state index is 0. The number of halogens is 1. The second kappa shape index (κ2) is 12.2. The van der Waals surface area contributed by atoms with Crippen LogP contribution in [-0.2, 0) is 26.0 Å². The van der Waals surface area contributed by atoms with Crippen LogP contribution in [0.15, 0.2) is 48.7 Å². The lowest BCUT2D eigenvalue weighted by Crippen LogP contribution is -3.00. The number of pyridine rings is 1. The van der Waals surface area contributed by atoms with E-state index < -0.39 is 4.92 Å². The molecule has 40 heavy (non-hydrogen) atoms. The molecule has 0 unspecified atom stereocenters. The maximum absolute atomic E-state index is 11.4. The average Bonchev–Trinajstić information content (AvgIpc) is 2.97. The second-order valence-corrected chi connectivity index (χ2v) is 9.22. The zero-order valence-electron chi connectivity index (χ0n) is 23.1. The Balaban J connectivity index is 0.00000370. The maximum Gasteiger partial charge on any atom is 0.270 e. The number of aromatic nitrogens is 1. The highest BCUT2D eigenvalue weighted by Gasteiger charge is 2.31. The predicted octanol–water partition coefficient (Wildman–Crippen LogP) is 2.44. The monoisotopic (exact) mass is 658 g/mol. The van der Waals surface area contributed by atoms with E-state index in [0.717, 1.165) is 47.2 Å². The van der Waals surface area contributed by atoms with Crippen molar-refractivity contribution in [2.75, 3.05) is 28.4 Å². The Morgan fingerprint density at radius 2 is 1.55 bits per heavy atom. The van der Waals surface area contributed by atoms with Gasteiger partial charge < -0.3 is 47.7 Å². The van der Waals surface area contributed by atoms with Gasteiger partial charge in [0.25, 0.3) is 5.69 Å². The van der Waals surface area contributed by atoms with Gasteiger partial charge in [0.05, 0.1) is 44.3 Å². The van der Waals surface area contributed by atoms with E-state index in [9.17, 15) is 10.1 Å². The van der Waals surface area contributed by atoms with Gasteiger partial charge in [-0.15, -0.1) is 0 Å². The fourth-order valence-electron chi connectivity index (χ4n) is 5.38. The van der Waals surface area contributed by atoms with Crippen LogP contribution in [0.2, 0.25) is 0 Å². The molecular formula is C30H31IN2O7. The first kappa shape index (κ1) is 29.2. The number of ether oxygens (including phenoxy) is 5. The number of hydrogen-bond donors (Lipinski definition) is 0. The van der Waals surface area contributed by atoms with Gasteiger partial charge in [-0.3, -0.25) is 10.1 Å². The van der Waals surface area contributed by atoms with Crippen LogP contribution in [0, 0.1) is 10.1 Å². The van der Waals surface area contributed by atoms with Gasteiger partial charge in [-0.2, -0.15) is 4.57 Å². The van der Waals surface area contributed by atoms with Crippen molar-refractivity contribution in [1.82, 2.24) is 0 Å². The van der Waals surface area contributed by atoms with Crippen molar-refractivity contribution >= 4 is 16.5 Å². The third-order valence-electron chi connectivity index (χ3n) is 7.25. The summed E-state index contributed by atoms with van der Waals surface area (Å²) in [7, 11) is 6.43. The van der Waals surface area contributed by atoms with E-state index in [0.29, 0.717) is 28.6 Å². The van der Waals surface area contributed by atoms with E-state index in [4.69, 9.17) is 23.7 Å². The summed E-state index contributed by atoms with van der Waals surface area (Å²) in [5, 5.41) is 13.3. The van der Waals surface area contributed by atoms with E-state index in [1.54, 1.807) is 27.4 Å². The first-order valence-corrected chi connectivity index (χ1v) is 12.7. The number of nitro groups is 1. The Morgan fingerprint density at radius 1 is 0.875 bits per heavy atom. The molecule has 2 heterocycles. The fourth-order valence-corrected chi connectivity index (χ4v) is 5.38. The molecule has 3 aromatic carbocycles. The van der Waals surface area contributed by atoms with Gasteiger partial charge >= 0.3 is 0 Å². The van der Waals surface area contributed by atoms with Crippen LogP contribution in [0.5, 0.6) is 28.7 Å². The summed E-state index contributed by atoms with van der Waals surface area (Å²) in [5.41, 5.74) is 5.21. The van der Waals surface area contributed by atoms with Crippen molar-refractivity contribution in [2.45, 2.75) is 32.9 Å². The summed E-state index contributed by atoms with van der Waals surface area (Å²) >= 11 is 0. The second-order valence-electron chi connectivity index (χ2n) is 9.22. The molecule has 0 fully saturated rings. The molecule has 0 radical (unpaired) electrons. The van der Waals surface area contributed by atoms with E-state index in [1.165, 1.54) is 30.4 Å². The van der Waals surface area contributed by atoms with Crippen molar-refractivity contribution in [3.8, 4) is 40.0 Å². The average molecular weight is 658 g/mol. The lowest BCUT2D eigenvalue weighted by atomic mass is 9.90. The highest BCUT2D eigenvalue weighted by Crippen LogP contribution is 2.43. The van der Waals surface area contributed by atoms with Gasteiger partial charge in [0.2, 0.25) is 5.69 Å². The molecule has 4 aromatic rings. The van der Waals surface area contributed by atoms with Gasteiger partial charge in [0.1, 0.15) is 12.4 Å². The van der Waals surface area contributed by atoms with Crippen LogP contribution in [-0.4, -0.2) is 33.4 Å². The van der Waals surface area contributed by atoms with E-state index >= 15 is 0 Å². The minimum atomic E-state index is -0.430. The van der Waals surface area contributed by atoms with Crippen LogP contribution >= 0.6 is 0 Å². The van der Waals surface area contributed by atoms with Crippen LogP contribution < -0.4 is 52.2 Å². The molecular weight excluding hydrogens is 627 g/mol. The predicted molar refractivity (Wildman–Crippen MR) is 146 cm³/mol. The molecule has 1 aromatic heterocycles. The molecule has 0 atom stereocenters. The number of nitrogens with zero attached hydrogens (tertiary/aromatic N) is 2. The zero-order valence-corrected chi connectivity index (χ0v) is 25.2. The van der Waals surface area contributed by atoms with Crippen molar-refractivity contribution < 1.29 is 57.2 Å². The largest absolute Gasteiger partial charge is 1.00 e. The van der Waals surface area contributed by atoms with Crippen molar-refractivity contribution in [3.05, 3.63) is 75.5 Å². The molecule has 210 valence electrons. The van der Waals surface area contributed by atoms with Crippen LogP contribution in [0.1, 0.15) is 23.6 Å². The molecule has 0 spiro atoms. The van der Waals surface area contributed by atoms with Crippen molar-refractivity contribution in [1.29, 1.82) is 0 Å². The molecule has 0 saturated heterocycles. The summed E-state index contributed by atoms with van der Waals surface area (Å²) in [6.07, 6.45) is 3.74. The molecule has 10 heteroatoms. The number of non-ortho nitro benzene ring substituents is 1. The molecule has 9 nitrogen and oxygen atoms in total. The smallest absolute Gasteiger partial charge is 0.270 e. The van der Waals surface area contributed by atoms with Gasteiger partial charge in [-0.25, -0.2) is 0 Å². The lowest BCUT2D eigenvalue weighted by Gasteiger charge is -2.22. The quantitative estimate of drug-likeness (QED) is 0.118. The first-order chi connectivity index (χ1) is 18.9. The van der Waals surface area contributed by atoms with Crippen LogP contribution in [0.3, 0.4) is 0 Å². The third-order valence-corrected chi connectivity index (χ3v) is 7.25.